The Bertz CT molecular complexity index is 707. The average molecular weight is 342 g/mol. The van der Waals surface area contributed by atoms with Gasteiger partial charge in [0.15, 0.2) is 0 Å². The van der Waals surface area contributed by atoms with E-state index in [1.54, 1.807) is 17.3 Å². The van der Waals surface area contributed by atoms with E-state index >= 15 is 0 Å². The SMILES string of the molecule is Cc1c(C(=O)N(C)C(C)c2ccccn2)cnn1CC1CCOCC1. The molecule has 0 aliphatic carbocycles. The highest BCUT2D eigenvalue weighted by molar-refractivity contribution is 5.95. The van der Waals surface area contributed by atoms with Crippen LogP contribution in [-0.4, -0.2) is 45.8 Å². The van der Waals surface area contributed by atoms with E-state index in [-0.39, 0.29) is 11.9 Å². The molecule has 6 nitrogen and oxygen atoms in total. The number of pyridine rings is 1. The maximum Gasteiger partial charge on any atom is 0.257 e. The smallest absolute Gasteiger partial charge is 0.257 e. The van der Waals surface area contributed by atoms with E-state index in [4.69, 9.17) is 4.74 Å². The van der Waals surface area contributed by atoms with Crippen LogP contribution < -0.4 is 0 Å². The first-order chi connectivity index (χ1) is 12.1. The summed E-state index contributed by atoms with van der Waals surface area (Å²) in [7, 11) is 1.82. The molecule has 1 atom stereocenters. The molecule has 134 valence electrons. The predicted octanol–water partition coefficient (Wildman–Crippen LogP) is 2.85. The van der Waals surface area contributed by atoms with Gasteiger partial charge in [0.2, 0.25) is 0 Å². The van der Waals surface area contributed by atoms with Gasteiger partial charge < -0.3 is 9.64 Å². The van der Waals surface area contributed by atoms with Crippen LogP contribution >= 0.6 is 0 Å². The molecule has 1 fully saturated rings. The van der Waals surface area contributed by atoms with Crippen molar-refractivity contribution >= 4 is 5.91 Å². The predicted molar refractivity (Wildman–Crippen MR) is 95.3 cm³/mol. The quantitative estimate of drug-likeness (QED) is 0.838. The van der Waals surface area contributed by atoms with E-state index in [1.165, 1.54) is 0 Å². The highest BCUT2D eigenvalue weighted by Gasteiger charge is 2.24. The van der Waals surface area contributed by atoms with E-state index in [1.807, 2.05) is 43.8 Å². The molecule has 1 aliphatic rings. The Labute approximate surface area is 148 Å². The van der Waals surface area contributed by atoms with Crippen LogP contribution in [0.5, 0.6) is 0 Å². The fraction of sp³-hybridized carbons (Fsp3) is 0.526. The van der Waals surface area contributed by atoms with E-state index < -0.39 is 0 Å². The number of carbonyl (C=O) groups is 1. The summed E-state index contributed by atoms with van der Waals surface area (Å²) in [6.07, 6.45) is 5.55. The van der Waals surface area contributed by atoms with Crippen molar-refractivity contribution in [3.05, 3.63) is 47.5 Å². The number of hydrogen-bond donors (Lipinski definition) is 0. The molecule has 25 heavy (non-hydrogen) atoms. The summed E-state index contributed by atoms with van der Waals surface area (Å²) in [5.41, 5.74) is 2.47. The standard InChI is InChI=1S/C19H26N4O2/c1-14-17(12-21-23(14)13-16-7-10-25-11-8-16)19(24)22(3)15(2)18-6-4-5-9-20-18/h4-6,9,12,15-16H,7-8,10-11,13H2,1-3H3. The third-order valence-electron chi connectivity index (χ3n) is 5.12. The summed E-state index contributed by atoms with van der Waals surface area (Å²) in [5, 5.41) is 4.46. The molecular weight excluding hydrogens is 316 g/mol. The molecule has 0 aromatic carbocycles. The Hall–Kier alpha value is -2.21. The molecular formula is C19H26N4O2. The summed E-state index contributed by atoms with van der Waals surface area (Å²) >= 11 is 0. The lowest BCUT2D eigenvalue weighted by Crippen LogP contribution is -2.30. The summed E-state index contributed by atoms with van der Waals surface area (Å²) in [6, 6.07) is 5.67. The number of amides is 1. The highest BCUT2D eigenvalue weighted by Crippen LogP contribution is 2.22. The Morgan fingerprint density at radius 1 is 1.40 bits per heavy atom. The molecule has 0 saturated carbocycles. The molecule has 3 rings (SSSR count). The molecule has 6 heteroatoms. The van der Waals surface area contributed by atoms with Gasteiger partial charge in [0.05, 0.1) is 23.5 Å². The average Bonchev–Trinajstić information content (AvgIpc) is 3.02. The molecule has 0 spiro atoms. The van der Waals surface area contributed by atoms with Crippen LogP contribution in [0.4, 0.5) is 0 Å². The molecule has 0 N–H and O–H groups in total. The minimum Gasteiger partial charge on any atom is -0.381 e. The number of ether oxygens (including phenoxy) is 1. The number of nitrogens with zero attached hydrogens (tertiary/aromatic N) is 4. The van der Waals surface area contributed by atoms with Crippen LogP contribution in [0.2, 0.25) is 0 Å². The maximum absolute atomic E-state index is 12.9. The first-order valence-electron chi connectivity index (χ1n) is 8.86. The van der Waals surface area contributed by atoms with Crippen molar-refractivity contribution in [1.82, 2.24) is 19.7 Å². The van der Waals surface area contributed by atoms with Gasteiger partial charge in [-0.2, -0.15) is 5.10 Å². The summed E-state index contributed by atoms with van der Waals surface area (Å²) < 4.78 is 7.38. The van der Waals surface area contributed by atoms with Crippen LogP contribution in [0.15, 0.2) is 30.6 Å². The molecule has 0 radical (unpaired) electrons. The topological polar surface area (TPSA) is 60.2 Å². The molecule has 2 aromatic heterocycles. The first kappa shape index (κ1) is 17.6. The second-order valence-electron chi connectivity index (χ2n) is 6.73. The molecule has 0 bridgehead atoms. The molecule has 1 amide bonds. The highest BCUT2D eigenvalue weighted by atomic mass is 16.5. The van der Waals surface area contributed by atoms with E-state index in [0.717, 1.165) is 44.0 Å². The zero-order chi connectivity index (χ0) is 17.8. The Balaban J connectivity index is 1.71. The lowest BCUT2D eigenvalue weighted by atomic mass is 10.0. The second-order valence-corrected chi connectivity index (χ2v) is 6.73. The van der Waals surface area contributed by atoms with Crippen LogP contribution in [-0.2, 0) is 11.3 Å². The first-order valence-corrected chi connectivity index (χ1v) is 8.86. The zero-order valence-electron chi connectivity index (χ0n) is 15.2. The van der Waals surface area contributed by atoms with Gasteiger partial charge in [-0.15, -0.1) is 0 Å². The van der Waals surface area contributed by atoms with Gasteiger partial charge in [-0.3, -0.25) is 14.5 Å². The third kappa shape index (κ3) is 3.90. The molecule has 1 unspecified atom stereocenters. The van der Waals surface area contributed by atoms with Gasteiger partial charge in [0.25, 0.3) is 5.91 Å². The summed E-state index contributed by atoms with van der Waals surface area (Å²) in [4.78, 5) is 19.0. The maximum atomic E-state index is 12.9. The van der Waals surface area contributed by atoms with Crippen molar-refractivity contribution in [3.8, 4) is 0 Å². The van der Waals surface area contributed by atoms with Gasteiger partial charge in [0, 0.05) is 38.7 Å². The van der Waals surface area contributed by atoms with Crippen molar-refractivity contribution < 1.29 is 9.53 Å². The summed E-state index contributed by atoms with van der Waals surface area (Å²) in [5.74, 6) is 0.550. The van der Waals surface area contributed by atoms with Crippen molar-refractivity contribution in [2.24, 2.45) is 5.92 Å². The third-order valence-corrected chi connectivity index (χ3v) is 5.12. The Kier molecular flexibility index (Phi) is 5.48. The molecule has 3 heterocycles. The van der Waals surface area contributed by atoms with Crippen LogP contribution in [0, 0.1) is 12.8 Å². The van der Waals surface area contributed by atoms with Crippen LogP contribution in [0.3, 0.4) is 0 Å². The van der Waals surface area contributed by atoms with Crippen LogP contribution in [0.1, 0.15) is 47.6 Å². The normalized spacial score (nSPS) is 16.6. The lowest BCUT2D eigenvalue weighted by molar-refractivity contribution is 0.0598. The van der Waals surface area contributed by atoms with Crippen molar-refractivity contribution in [3.63, 3.8) is 0 Å². The van der Waals surface area contributed by atoms with Crippen LogP contribution in [0.25, 0.3) is 0 Å². The van der Waals surface area contributed by atoms with E-state index in [0.29, 0.717) is 11.5 Å². The molecule has 1 saturated heterocycles. The van der Waals surface area contributed by atoms with Gasteiger partial charge in [0.1, 0.15) is 0 Å². The molecule has 1 aliphatic heterocycles. The largest absolute Gasteiger partial charge is 0.381 e. The van der Waals surface area contributed by atoms with Gasteiger partial charge in [-0.25, -0.2) is 0 Å². The lowest BCUT2D eigenvalue weighted by Gasteiger charge is -2.25. The fourth-order valence-electron chi connectivity index (χ4n) is 3.20. The minimum atomic E-state index is -0.0908. The van der Waals surface area contributed by atoms with E-state index in [2.05, 4.69) is 10.1 Å². The Morgan fingerprint density at radius 3 is 2.84 bits per heavy atom. The number of aromatic nitrogens is 3. The van der Waals surface area contributed by atoms with Crippen molar-refractivity contribution in [1.29, 1.82) is 0 Å². The second kappa shape index (κ2) is 7.78. The van der Waals surface area contributed by atoms with E-state index in [9.17, 15) is 4.79 Å². The van der Waals surface area contributed by atoms with Gasteiger partial charge in [-0.1, -0.05) is 6.07 Å². The summed E-state index contributed by atoms with van der Waals surface area (Å²) in [6.45, 7) is 6.45. The van der Waals surface area contributed by atoms with Gasteiger partial charge in [-0.05, 0) is 44.7 Å². The van der Waals surface area contributed by atoms with Crippen molar-refractivity contribution in [2.45, 2.75) is 39.3 Å². The number of carbonyl (C=O) groups excluding carboxylic acids is 1. The monoisotopic (exact) mass is 342 g/mol. The number of hydrogen-bond acceptors (Lipinski definition) is 4. The Morgan fingerprint density at radius 2 is 2.16 bits per heavy atom. The zero-order valence-corrected chi connectivity index (χ0v) is 15.2. The number of rotatable bonds is 5. The van der Waals surface area contributed by atoms with Crippen molar-refractivity contribution in [2.75, 3.05) is 20.3 Å². The van der Waals surface area contributed by atoms with Gasteiger partial charge >= 0.3 is 0 Å². The minimum absolute atomic E-state index is 0.0196. The molecule has 2 aromatic rings. The fourth-order valence-corrected chi connectivity index (χ4v) is 3.20.